The number of aromatic nitrogens is 2. The van der Waals surface area contributed by atoms with Crippen LogP contribution in [0.4, 0.5) is 0 Å². The molecule has 7 nitrogen and oxygen atoms in total. The highest BCUT2D eigenvalue weighted by Gasteiger charge is 2.44. The van der Waals surface area contributed by atoms with Gasteiger partial charge in [-0.05, 0) is 48.8 Å². The first-order valence-corrected chi connectivity index (χ1v) is 11.6. The second-order valence-electron chi connectivity index (χ2n) is 8.46. The fourth-order valence-electron chi connectivity index (χ4n) is 4.80. The zero-order valence-electron chi connectivity index (χ0n) is 17.3. The number of likely N-dealkylation sites (tertiary alicyclic amines) is 1. The summed E-state index contributed by atoms with van der Waals surface area (Å²) in [7, 11) is 0. The molecular formula is C23H25N3O4S. The van der Waals surface area contributed by atoms with E-state index in [2.05, 4.69) is 11.9 Å². The molecule has 0 radical (unpaired) electrons. The highest BCUT2D eigenvalue weighted by molar-refractivity contribution is 7.15. The van der Waals surface area contributed by atoms with Crippen LogP contribution in [0.5, 0.6) is 5.75 Å². The third-order valence-electron chi connectivity index (χ3n) is 6.56. The standard InChI is InChI=1S/C23H25N3O4S/c1-2-14-3-5-17(6-4-14)30-20-10-16-13-25(12-15(16)9-19(20)27)21(28)18-11-24-23-26(22(18)29)7-8-31-23/h3-8,11,15-16,19-20,27H,2,9-10,12-13H2,1H3/t15-,16+,19+,20+/m0/s1. The summed E-state index contributed by atoms with van der Waals surface area (Å²) in [6.45, 7) is 3.22. The molecule has 1 saturated heterocycles. The van der Waals surface area contributed by atoms with E-state index in [1.54, 1.807) is 16.5 Å². The van der Waals surface area contributed by atoms with E-state index >= 15 is 0 Å². The van der Waals surface area contributed by atoms with Crippen LogP contribution in [0.15, 0.2) is 46.8 Å². The van der Waals surface area contributed by atoms with E-state index in [-0.39, 0.29) is 35.0 Å². The van der Waals surface area contributed by atoms with Crippen LogP contribution in [0, 0.1) is 11.8 Å². The van der Waals surface area contributed by atoms with Crippen molar-refractivity contribution in [1.82, 2.24) is 14.3 Å². The molecule has 1 aromatic carbocycles. The third-order valence-corrected chi connectivity index (χ3v) is 7.34. The summed E-state index contributed by atoms with van der Waals surface area (Å²) in [5.74, 6) is 0.929. The maximum atomic E-state index is 13.1. The van der Waals surface area contributed by atoms with E-state index in [0.29, 0.717) is 30.9 Å². The molecule has 2 aliphatic rings. The van der Waals surface area contributed by atoms with Crippen molar-refractivity contribution < 1.29 is 14.6 Å². The lowest BCUT2D eigenvalue weighted by atomic mass is 9.78. The number of rotatable bonds is 4. The molecule has 8 heteroatoms. The van der Waals surface area contributed by atoms with Gasteiger partial charge in [-0.25, -0.2) is 4.98 Å². The number of aryl methyl sites for hydroxylation is 1. The van der Waals surface area contributed by atoms with Crippen molar-refractivity contribution >= 4 is 22.2 Å². The molecule has 1 aliphatic carbocycles. The first-order valence-electron chi connectivity index (χ1n) is 10.7. The van der Waals surface area contributed by atoms with E-state index < -0.39 is 6.10 Å². The van der Waals surface area contributed by atoms with Crippen LogP contribution >= 0.6 is 11.3 Å². The van der Waals surface area contributed by atoms with Gasteiger partial charge in [0.05, 0.1) is 6.10 Å². The van der Waals surface area contributed by atoms with Crippen LogP contribution in [0.2, 0.25) is 0 Å². The van der Waals surface area contributed by atoms with Gasteiger partial charge in [-0.15, -0.1) is 11.3 Å². The fraction of sp³-hybridized carbons (Fsp3) is 0.435. The summed E-state index contributed by atoms with van der Waals surface area (Å²) in [5.41, 5.74) is 1.01. The van der Waals surface area contributed by atoms with Gasteiger partial charge in [0.1, 0.15) is 17.4 Å². The first-order chi connectivity index (χ1) is 15.0. The molecule has 5 rings (SSSR count). The van der Waals surface area contributed by atoms with E-state index in [1.165, 1.54) is 27.5 Å². The zero-order chi connectivity index (χ0) is 21.5. The quantitative estimate of drug-likeness (QED) is 0.676. The van der Waals surface area contributed by atoms with Crippen LogP contribution in [-0.4, -0.2) is 50.6 Å². The maximum Gasteiger partial charge on any atom is 0.271 e. The number of hydrogen-bond donors (Lipinski definition) is 1. The van der Waals surface area contributed by atoms with E-state index in [1.807, 2.05) is 24.3 Å². The molecule has 162 valence electrons. The molecule has 1 aliphatic heterocycles. The van der Waals surface area contributed by atoms with Crippen LogP contribution in [0.3, 0.4) is 0 Å². The maximum absolute atomic E-state index is 13.1. The van der Waals surface area contributed by atoms with Crippen molar-refractivity contribution in [2.45, 2.75) is 38.4 Å². The fourth-order valence-corrected chi connectivity index (χ4v) is 5.48. The molecule has 2 fully saturated rings. The summed E-state index contributed by atoms with van der Waals surface area (Å²) >= 11 is 1.36. The van der Waals surface area contributed by atoms with Gasteiger partial charge >= 0.3 is 0 Å². The van der Waals surface area contributed by atoms with Crippen molar-refractivity contribution in [3.8, 4) is 5.75 Å². The smallest absolute Gasteiger partial charge is 0.271 e. The van der Waals surface area contributed by atoms with Crippen molar-refractivity contribution in [3.63, 3.8) is 0 Å². The molecule has 2 aromatic heterocycles. The van der Waals surface area contributed by atoms with Gasteiger partial charge in [-0.2, -0.15) is 0 Å². The Morgan fingerprint density at radius 2 is 1.97 bits per heavy atom. The summed E-state index contributed by atoms with van der Waals surface area (Å²) in [4.78, 5) is 32.3. The number of ether oxygens (including phenoxy) is 1. The molecule has 1 amide bonds. The number of thiazole rings is 1. The predicted molar refractivity (Wildman–Crippen MR) is 118 cm³/mol. The van der Waals surface area contributed by atoms with E-state index in [9.17, 15) is 14.7 Å². The van der Waals surface area contributed by atoms with Gasteiger partial charge < -0.3 is 14.7 Å². The first kappa shape index (κ1) is 20.2. The Labute approximate surface area is 183 Å². The lowest BCUT2D eigenvalue weighted by Crippen LogP contribution is -2.42. The van der Waals surface area contributed by atoms with E-state index in [0.717, 1.165) is 12.2 Å². The van der Waals surface area contributed by atoms with E-state index in [4.69, 9.17) is 4.74 Å². The Balaban J connectivity index is 1.29. The number of aliphatic hydroxyl groups excluding tert-OH is 1. The molecule has 1 saturated carbocycles. The lowest BCUT2D eigenvalue weighted by Gasteiger charge is -2.35. The normalized spacial score (nSPS) is 25.5. The van der Waals surface area contributed by atoms with Crippen LogP contribution in [-0.2, 0) is 6.42 Å². The molecule has 0 spiro atoms. The second-order valence-corrected chi connectivity index (χ2v) is 9.33. The minimum absolute atomic E-state index is 0.0962. The minimum atomic E-state index is -0.573. The Hall–Kier alpha value is -2.71. The van der Waals surface area contributed by atoms with Crippen molar-refractivity contribution in [2.24, 2.45) is 11.8 Å². The number of carbonyl (C=O) groups is 1. The van der Waals surface area contributed by atoms with Gasteiger partial charge in [0.2, 0.25) is 0 Å². The van der Waals surface area contributed by atoms with Gasteiger partial charge in [0, 0.05) is 30.9 Å². The van der Waals surface area contributed by atoms with Crippen molar-refractivity contribution in [1.29, 1.82) is 0 Å². The second kappa shape index (κ2) is 8.09. The SMILES string of the molecule is CCc1ccc(O[C@@H]2C[C@@H]3CN(C(=O)c4cnc5sccn5c4=O)C[C@@H]3C[C@H]2O)cc1. The molecule has 0 bridgehead atoms. The molecule has 3 heterocycles. The van der Waals surface area contributed by atoms with Crippen LogP contribution < -0.4 is 10.3 Å². The summed E-state index contributed by atoms with van der Waals surface area (Å²) in [6.07, 6.45) is 4.41. The van der Waals surface area contributed by atoms with Gasteiger partial charge in [0.25, 0.3) is 11.5 Å². The number of amides is 1. The summed E-state index contributed by atoms with van der Waals surface area (Å²) < 4.78 is 7.51. The number of fused-ring (bicyclic) bond motifs is 2. The van der Waals surface area contributed by atoms with Gasteiger partial charge in [-0.3, -0.25) is 14.0 Å². The highest BCUT2D eigenvalue weighted by atomic mass is 32.1. The number of nitrogens with zero attached hydrogens (tertiary/aromatic N) is 3. The van der Waals surface area contributed by atoms with Crippen molar-refractivity contribution in [3.05, 3.63) is 63.5 Å². The third kappa shape index (κ3) is 3.74. The number of hydrogen-bond acceptors (Lipinski definition) is 6. The highest BCUT2D eigenvalue weighted by Crippen LogP contribution is 2.38. The molecule has 0 unspecified atom stereocenters. The Bertz CT molecular complexity index is 1160. The summed E-state index contributed by atoms with van der Waals surface area (Å²) in [5, 5.41) is 12.4. The summed E-state index contributed by atoms with van der Waals surface area (Å²) in [6, 6.07) is 7.98. The Morgan fingerprint density at radius 3 is 2.71 bits per heavy atom. The van der Waals surface area contributed by atoms with Crippen LogP contribution in [0.25, 0.3) is 4.96 Å². The van der Waals surface area contributed by atoms with Crippen LogP contribution in [0.1, 0.15) is 35.7 Å². The minimum Gasteiger partial charge on any atom is -0.488 e. The van der Waals surface area contributed by atoms with Gasteiger partial charge in [0.15, 0.2) is 4.96 Å². The number of aliphatic hydroxyl groups is 1. The largest absolute Gasteiger partial charge is 0.488 e. The lowest BCUT2D eigenvalue weighted by molar-refractivity contribution is -0.0231. The molecule has 3 aromatic rings. The topological polar surface area (TPSA) is 84.1 Å². The average Bonchev–Trinajstić information content (AvgIpc) is 3.41. The molecular weight excluding hydrogens is 414 g/mol. The molecule has 31 heavy (non-hydrogen) atoms. The number of carbonyl (C=O) groups excluding carboxylic acids is 1. The average molecular weight is 440 g/mol. The van der Waals surface area contributed by atoms with Crippen molar-refractivity contribution in [2.75, 3.05) is 13.1 Å². The Kier molecular flexibility index (Phi) is 5.27. The molecule has 4 atom stereocenters. The number of benzene rings is 1. The predicted octanol–water partition coefficient (Wildman–Crippen LogP) is 2.61. The molecule has 1 N–H and O–H groups in total. The zero-order valence-corrected chi connectivity index (χ0v) is 18.1. The Morgan fingerprint density at radius 1 is 1.23 bits per heavy atom. The van der Waals surface area contributed by atoms with Gasteiger partial charge in [-0.1, -0.05) is 19.1 Å². The monoisotopic (exact) mass is 439 g/mol.